The van der Waals surface area contributed by atoms with E-state index in [1.54, 1.807) is 19.1 Å². The number of rotatable bonds is 5. The maximum atomic E-state index is 11.3. The zero-order valence-electron chi connectivity index (χ0n) is 15.7. The van der Waals surface area contributed by atoms with Crippen LogP contribution < -0.4 is 9.67 Å². The molecule has 0 aliphatic heterocycles. The molecule has 2 rings (SSSR count). The van der Waals surface area contributed by atoms with Crippen LogP contribution in [-0.2, 0) is 17.1 Å². The fourth-order valence-corrected chi connectivity index (χ4v) is 3.49. The number of hydrogen-bond donors (Lipinski definition) is 3. The molecular weight excluding hydrogens is 451 g/mol. The maximum Gasteiger partial charge on any atom is 0.344 e. The predicted octanol–water partition coefficient (Wildman–Crippen LogP) is 1.39. The maximum absolute atomic E-state index is 11.3. The smallest absolute Gasteiger partial charge is 0.344 e. The van der Waals surface area contributed by atoms with Crippen molar-refractivity contribution in [3.05, 3.63) is 63.7 Å². The predicted molar refractivity (Wildman–Crippen MR) is 102 cm³/mol. The van der Waals surface area contributed by atoms with Crippen molar-refractivity contribution in [1.29, 1.82) is 0 Å². The minimum atomic E-state index is -4.83. The van der Waals surface area contributed by atoms with E-state index in [1.165, 1.54) is 44.4 Å². The first-order chi connectivity index (χ1) is 13.5. The van der Waals surface area contributed by atoms with Gasteiger partial charge in [-0.3, -0.25) is 10.1 Å². The van der Waals surface area contributed by atoms with E-state index in [0.29, 0.717) is 5.69 Å². The zero-order chi connectivity index (χ0) is 22.2. The molecule has 3 N–H and O–H groups in total. The van der Waals surface area contributed by atoms with Gasteiger partial charge < -0.3 is 4.74 Å². The molecule has 0 spiro atoms. The van der Waals surface area contributed by atoms with E-state index in [-0.39, 0.29) is 21.5 Å². The van der Waals surface area contributed by atoms with Gasteiger partial charge in [-0.05, 0) is 18.6 Å². The summed E-state index contributed by atoms with van der Waals surface area (Å²) in [6.07, 6.45) is 0. The first-order valence-corrected chi connectivity index (χ1v) is 11.2. The Morgan fingerprint density at radius 1 is 1.21 bits per heavy atom. The number of nitrogens with one attached hydrogen (secondary N) is 1. The summed E-state index contributed by atoms with van der Waals surface area (Å²) >= 11 is -4.83. The van der Waals surface area contributed by atoms with Crippen molar-refractivity contribution in [2.45, 2.75) is 13.8 Å². The van der Waals surface area contributed by atoms with Crippen LogP contribution in [0.1, 0.15) is 22.8 Å². The second-order valence-electron chi connectivity index (χ2n) is 5.60. The van der Waals surface area contributed by atoms with Crippen LogP contribution in [0.4, 0.5) is 11.4 Å². The fourth-order valence-electron chi connectivity index (χ4n) is 2.09. The van der Waals surface area contributed by atoms with Crippen LogP contribution in [-0.4, -0.2) is 47.4 Å². The first-order valence-electron chi connectivity index (χ1n) is 7.89. The van der Waals surface area contributed by atoms with Crippen molar-refractivity contribution in [2.24, 2.45) is 0 Å². The molecule has 11 nitrogen and oxygen atoms in total. The van der Waals surface area contributed by atoms with Crippen LogP contribution in [0.2, 0.25) is 0 Å². The van der Waals surface area contributed by atoms with Gasteiger partial charge in [-0.2, -0.15) is 0 Å². The van der Waals surface area contributed by atoms with Crippen LogP contribution >= 0.6 is 0 Å². The number of nitrogens with zero attached hydrogens (tertiary/aromatic N) is 1. The van der Waals surface area contributed by atoms with Crippen molar-refractivity contribution < 1.29 is 36.2 Å². The molecule has 1 amide bonds. The number of carbonyl (C=O) groups is 2. The Balaban J connectivity index is 0.000000291. The van der Waals surface area contributed by atoms with E-state index in [1.807, 2.05) is 0 Å². The summed E-state index contributed by atoms with van der Waals surface area (Å²) in [7, 11) is 1.19. The summed E-state index contributed by atoms with van der Waals surface area (Å²) in [5.74, 6) is -0.992. The van der Waals surface area contributed by atoms with Gasteiger partial charge in [0.2, 0.25) is 0 Å². The van der Waals surface area contributed by atoms with Gasteiger partial charge in [0.1, 0.15) is 5.56 Å². The topological polar surface area (TPSA) is 165 Å². The average Bonchev–Trinajstić information content (AvgIpc) is 2.67. The minimum absolute atomic E-state index is 0.0249. The Hall–Kier alpha value is -2.98. The van der Waals surface area contributed by atoms with E-state index >= 15 is 0 Å². The summed E-state index contributed by atoms with van der Waals surface area (Å²) in [6.45, 7) is 3.03. The van der Waals surface area contributed by atoms with Crippen LogP contribution in [0.25, 0.3) is 0 Å². The third kappa shape index (κ3) is 7.16. The largest absolute Gasteiger partial charge is 0.465 e. The Kier molecular flexibility index (Phi) is 8.74. The van der Waals surface area contributed by atoms with Crippen molar-refractivity contribution in [3.8, 4) is 0 Å². The summed E-state index contributed by atoms with van der Waals surface area (Å²) < 4.78 is 28.4. The number of aryl methyl sites for hydroxylation is 1. The van der Waals surface area contributed by atoms with E-state index < -0.39 is 25.1 Å². The van der Waals surface area contributed by atoms with Crippen LogP contribution in [0, 0.1) is 17.0 Å². The quantitative estimate of drug-likeness (QED) is 0.192. The minimum Gasteiger partial charge on any atom is -0.465 e. The second kappa shape index (κ2) is 10.5. The SMILES string of the molecule is CC(=O)Nc1cccc([As](=O)(O)OO)c1.COC(=O)c1ccc(C)cc1[N+](=O)[O-]. The van der Waals surface area contributed by atoms with Gasteiger partial charge in [0.25, 0.3) is 5.69 Å². The van der Waals surface area contributed by atoms with Crippen molar-refractivity contribution >= 4 is 41.8 Å². The Morgan fingerprint density at radius 2 is 1.86 bits per heavy atom. The van der Waals surface area contributed by atoms with Gasteiger partial charge in [-0.15, -0.1) is 0 Å². The summed E-state index contributed by atoms with van der Waals surface area (Å²) in [4.78, 5) is 31.8. The Morgan fingerprint density at radius 3 is 2.38 bits per heavy atom. The van der Waals surface area contributed by atoms with Gasteiger partial charge in [0.15, 0.2) is 0 Å². The van der Waals surface area contributed by atoms with E-state index in [2.05, 4.69) is 13.9 Å². The van der Waals surface area contributed by atoms with Gasteiger partial charge in [0, 0.05) is 6.07 Å². The molecule has 1 atom stereocenters. The molecule has 0 saturated heterocycles. The standard InChI is InChI=1S/C9H9NO4.C8H10AsNO5/c1-6-3-4-7(9(11)14-2)8(5-6)10(12)13;1-6(11)10-8-4-2-3-7(5-8)9(12,13)15-14/h3-5H,1-2H3;2-5,14H,1H3,(H,10,11)(H,12,13). The molecule has 1 unspecified atom stereocenters. The number of nitro groups is 1. The number of benzene rings is 2. The molecule has 29 heavy (non-hydrogen) atoms. The second-order valence-corrected chi connectivity index (χ2v) is 9.21. The van der Waals surface area contributed by atoms with Gasteiger partial charge in [-0.25, -0.2) is 4.79 Å². The van der Waals surface area contributed by atoms with E-state index in [0.717, 1.165) is 5.56 Å². The molecule has 0 radical (unpaired) electrons. The molecule has 156 valence electrons. The molecule has 2 aromatic carbocycles. The number of anilines is 1. The van der Waals surface area contributed by atoms with Gasteiger partial charge in [-0.1, -0.05) is 6.07 Å². The molecule has 0 bridgehead atoms. The van der Waals surface area contributed by atoms with Crippen molar-refractivity contribution in [1.82, 2.24) is 0 Å². The molecule has 0 saturated carbocycles. The number of amides is 1. The first kappa shape index (κ1) is 24.1. The summed E-state index contributed by atoms with van der Waals surface area (Å²) in [5.41, 5.74) is 0.844. The molecule has 0 aromatic heterocycles. The fraction of sp³-hybridized carbons (Fsp3) is 0.176. The third-order valence-electron chi connectivity index (χ3n) is 3.36. The molecule has 12 heteroatoms. The van der Waals surface area contributed by atoms with Crippen LogP contribution in [0.5, 0.6) is 0 Å². The average molecular weight is 470 g/mol. The normalized spacial score (nSPS) is 12.0. The number of esters is 1. The van der Waals surface area contributed by atoms with Gasteiger partial charge >= 0.3 is 94.4 Å². The molecule has 0 heterocycles. The van der Waals surface area contributed by atoms with Crippen molar-refractivity contribution in [3.63, 3.8) is 0 Å². The summed E-state index contributed by atoms with van der Waals surface area (Å²) in [5, 5.41) is 21.3. The molecule has 0 fully saturated rings. The number of nitro benzene ring substituents is 1. The number of hydrogen-bond acceptors (Lipinski definition) is 8. The molecular formula is C17H19AsN2O9. The third-order valence-corrected chi connectivity index (χ3v) is 5.78. The Bertz CT molecular complexity index is 962. The van der Waals surface area contributed by atoms with E-state index in [4.69, 9.17) is 5.26 Å². The number of methoxy groups -OCH3 is 1. The zero-order valence-corrected chi connectivity index (χ0v) is 17.6. The monoisotopic (exact) mass is 470 g/mol. The molecule has 0 aliphatic carbocycles. The van der Waals surface area contributed by atoms with Crippen LogP contribution in [0.3, 0.4) is 0 Å². The van der Waals surface area contributed by atoms with E-state index in [9.17, 15) is 27.5 Å². The van der Waals surface area contributed by atoms with Crippen LogP contribution in [0.15, 0.2) is 42.5 Å². The molecule has 2 aromatic rings. The van der Waals surface area contributed by atoms with Gasteiger partial charge in [0.05, 0.1) is 12.0 Å². The Labute approximate surface area is 168 Å². The van der Waals surface area contributed by atoms with Crippen molar-refractivity contribution in [2.75, 3.05) is 12.4 Å². The number of carbonyl (C=O) groups excluding carboxylic acids is 2. The molecule has 0 aliphatic rings. The summed E-state index contributed by atoms with van der Waals surface area (Å²) in [6, 6.07) is 9.99. The number of ether oxygens (including phenoxy) is 1.